The second-order valence-electron chi connectivity index (χ2n) is 4.40. The van der Waals surface area contributed by atoms with Crippen LogP contribution in [0.25, 0.3) is 0 Å². The van der Waals surface area contributed by atoms with Crippen molar-refractivity contribution >= 4 is 0 Å². The number of rotatable bonds is 6. The minimum atomic E-state index is 0.131. The first-order valence-corrected chi connectivity index (χ1v) is 6.31. The smallest absolute Gasteiger partial charge is 0.122 e. The number of methoxy groups -OCH3 is 1. The summed E-state index contributed by atoms with van der Waals surface area (Å²) in [5, 5.41) is 0. The van der Waals surface area contributed by atoms with Crippen LogP contribution in [0.4, 0.5) is 0 Å². The topological polar surface area (TPSA) is 60.2 Å². The molecule has 0 bridgehead atoms. The third-order valence-corrected chi connectivity index (χ3v) is 3.08. The summed E-state index contributed by atoms with van der Waals surface area (Å²) in [6.07, 6.45) is 3.39. The van der Waals surface area contributed by atoms with Crippen LogP contribution < -0.4 is 16.0 Å². The molecule has 3 N–H and O–H groups in total. The predicted octanol–water partition coefficient (Wildman–Crippen LogP) is 1.71. The number of nitrogens with two attached hydrogens (primary N) is 1. The Morgan fingerprint density at radius 2 is 1.95 bits per heavy atom. The summed E-state index contributed by atoms with van der Waals surface area (Å²) >= 11 is 0. The van der Waals surface area contributed by atoms with Crippen LogP contribution in [-0.2, 0) is 12.8 Å². The molecule has 0 spiro atoms. The van der Waals surface area contributed by atoms with Crippen LogP contribution in [0.2, 0.25) is 0 Å². The molecule has 0 fully saturated rings. The summed E-state index contributed by atoms with van der Waals surface area (Å²) in [4.78, 5) is 4.32. The van der Waals surface area contributed by atoms with Gasteiger partial charge < -0.3 is 4.74 Å². The molecule has 0 amide bonds. The van der Waals surface area contributed by atoms with E-state index in [0.717, 1.165) is 29.8 Å². The zero-order valence-electron chi connectivity index (χ0n) is 11.0. The Morgan fingerprint density at radius 3 is 2.63 bits per heavy atom. The molecule has 0 aliphatic rings. The van der Waals surface area contributed by atoms with Crippen LogP contribution in [0.5, 0.6) is 5.75 Å². The van der Waals surface area contributed by atoms with Crippen LogP contribution in [0.1, 0.15) is 11.3 Å². The first-order chi connectivity index (χ1) is 9.33. The largest absolute Gasteiger partial charge is 0.496 e. The highest BCUT2D eigenvalue weighted by Gasteiger charge is 2.12. The fourth-order valence-corrected chi connectivity index (χ4v) is 2.10. The molecule has 1 aromatic carbocycles. The molecule has 1 unspecified atom stereocenters. The van der Waals surface area contributed by atoms with Gasteiger partial charge in [-0.1, -0.05) is 24.3 Å². The molecular formula is C15H19N3O. The van der Waals surface area contributed by atoms with Crippen molar-refractivity contribution in [2.24, 2.45) is 5.84 Å². The number of benzene rings is 1. The van der Waals surface area contributed by atoms with E-state index >= 15 is 0 Å². The monoisotopic (exact) mass is 257 g/mol. The number of nitrogens with zero attached hydrogens (tertiary/aromatic N) is 1. The van der Waals surface area contributed by atoms with Gasteiger partial charge in [0.2, 0.25) is 0 Å². The Hall–Kier alpha value is -1.91. The lowest BCUT2D eigenvalue weighted by atomic mass is 10.0. The highest BCUT2D eigenvalue weighted by Crippen LogP contribution is 2.19. The van der Waals surface area contributed by atoms with Gasteiger partial charge in [-0.15, -0.1) is 0 Å². The molecule has 19 heavy (non-hydrogen) atoms. The molecule has 0 aliphatic heterocycles. The zero-order chi connectivity index (χ0) is 13.5. The lowest BCUT2D eigenvalue weighted by Crippen LogP contribution is -2.38. The molecule has 2 aromatic rings. The Bertz CT molecular complexity index is 502. The first-order valence-electron chi connectivity index (χ1n) is 6.31. The van der Waals surface area contributed by atoms with Gasteiger partial charge in [0.25, 0.3) is 0 Å². The van der Waals surface area contributed by atoms with Gasteiger partial charge >= 0.3 is 0 Å². The third kappa shape index (κ3) is 3.77. The normalized spacial score (nSPS) is 12.1. The molecule has 1 aromatic heterocycles. The van der Waals surface area contributed by atoms with Gasteiger partial charge in [0.05, 0.1) is 7.11 Å². The molecule has 1 atom stereocenters. The average molecular weight is 257 g/mol. The van der Waals surface area contributed by atoms with Crippen LogP contribution in [0.15, 0.2) is 48.7 Å². The number of ether oxygens (including phenoxy) is 1. The van der Waals surface area contributed by atoms with Gasteiger partial charge in [0, 0.05) is 24.4 Å². The van der Waals surface area contributed by atoms with E-state index < -0.39 is 0 Å². The van der Waals surface area contributed by atoms with Crippen molar-refractivity contribution in [1.82, 2.24) is 10.4 Å². The zero-order valence-corrected chi connectivity index (χ0v) is 11.0. The van der Waals surface area contributed by atoms with Crippen molar-refractivity contribution in [3.8, 4) is 5.75 Å². The van der Waals surface area contributed by atoms with E-state index in [1.807, 2.05) is 36.4 Å². The summed E-state index contributed by atoms with van der Waals surface area (Å²) in [5.74, 6) is 6.53. The van der Waals surface area contributed by atoms with E-state index in [1.54, 1.807) is 13.3 Å². The van der Waals surface area contributed by atoms with E-state index in [2.05, 4.69) is 16.5 Å². The van der Waals surface area contributed by atoms with Gasteiger partial charge in [-0.25, -0.2) is 0 Å². The molecule has 4 heteroatoms. The van der Waals surface area contributed by atoms with E-state index in [9.17, 15) is 0 Å². The molecule has 0 radical (unpaired) electrons. The number of nitrogens with one attached hydrogen (secondary N) is 1. The molecule has 0 saturated carbocycles. The molecule has 0 aliphatic carbocycles. The van der Waals surface area contributed by atoms with Crippen LogP contribution in [0.3, 0.4) is 0 Å². The minimum Gasteiger partial charge on any atom is -0.496 e. The Labute approximate surface area is 113 Å². The molecule has 1 heterocycles. The standard InChI is InChI=1S/C15H19N3O/c1-19-15-8-3-2-6-12(15)10-14(18-16)11-13-7-4-5-9-17-13/h2-9,14,18H,10-11,16H2,1H3. The molecule has 100 valence electrons. The summed E-state index contributed by atoms with van der Waals surface area (Å²) in [6, 6.07) is 14.0. The third-order valence-electron chi connectivity index (χ3n) is 3.08. The Morgan fingerprint density at radius 1 is 1.16 bits per heavy atom. The molecular weight excluding hydrogens is 238 g/mol. The fourth-order valence-electron chi connectivity index (χ4n) is 2.10. The fraction of sp³-hybridized carbons (Fsp3) is 0.267. The SMILES string of the molecule is COc1ccccc1CC(Cc1ccccn1)NN. The molecule has 4 nitrogen and oxygen atoms in total. The maximum absolute atomic E-state index is 5.64. The number of pyridine rings is 1. The van der Waals surface area contributed by atoms with Crippen LogP contribution in [0, 0.1) is 0 Å². The second kappa shape index (κ2) is 6.87. The summed E-state index contributed by atoms with van der Waals surface area (Å²) in [5.41, 5.74) is 5.03. The summed E-state index contributed by atoms with van der Waals surface area (Å²) < 4.78 is 5.36. The summed E-state index contributed by atoms with van der Waals surface area (Å²) in [7, 11) is 1.68. The lowest BCUT2D eigenvalue weighted by Gasteiger charge is -2.17. The minimum absolute atomic E-state index is 0.131. The maximum Gasteiger partial charge on any atom is 0.122 e. The highest BCUT2D eigenvalue weighted by molar-refractivity contribution is 5.34. The number of hydrogen-bond acceptors (Lipinski definition) is 4. The van der Waals surface area contributed by atoms with Gasteiger partial charge in [-0.05, 0) is 30.2 Å². The van der Waals surface area contributed by atoms with E-state index in [0.29, 0.717) is 0 Å². The number of aromatic nitrogens is 1. The van der Waals surface area contributed by atoms with Gasteiger partial charge in [0.15, 0.2) is 0 Å². The van der Waals surface area contributed by atoms with Crippen molar-refractivity contribution in [3.63, 3.8) is 0 Å². The molecule has 0 saturated heterocycles. The lowest BCUT2D eigenvalue weighted by molar-refractivity contribution is 0.404. The van der Waals surface area contributed by atoms with Gasteiger partial charge in [0.1, 0.15) is 5.75 Å². The van der Waals surface area contributed by atoms with Gasteiger partial charge in [-0.3, -0.25) is 16.3 Å². The van der Waals surface area contributed by atoms with Crippen LogP contribution in [-0.4, -0.2) is 18.1 Å². The van der Waals surface area contributed by atoms with E-state index in [1.165, 1.54) is 0 Å². The number of hydrogen-bond donors (Lipinski definition) is 2. The molecule has 2 rings (SSSR count). The van der Waals surface area contributed by atoms with Crippen molar-refractivity contribution in [3.05, 3.63) is 59.9 Å². The predicted molar refractivity (Wildman–Crippen MR) is 75.8 cm³/mol. The van der Waals surface area contributed by atoms with Crippen molar-refractivity contribution in [1.29, 1.82) is 0 Å². The van der Waals surface area contributed by atoms with E-state index in [4.69, 9.17) is 10.6 Å². The van der Waals surface area contributed by atoms with Gasteiger partial charge in [-0.2, -0.15) is 0 Å². The number of hydrazine groups is 1. The maximum atomic E-state index is 5.64. The first kappa shape index (κ1) is 13.5. The van der Waals surface area contributed by atoms with Crippen molar-refractivity contribution in [2.45, 2.75) is 18.9 Å². The Kier molecular flexibility index (Phi) is 4.89. The highest BCUT2D eigenvalue weighted by atomic mass is 16.5. The van der Waals surface area contributed by atoms with Crippen molar-refractivity contribution < 1.29 is 4.74 Å². The number of para-hydroxylation sites is 1. The summed E-state index contributed by atoms with van der Waals surface area (Å²) in [6.45, 7) is 0. The van der Waals surface area contributed by atoms with E-state index in [-0.39, 0.29) is 6.04 Å². The second-order valence-corrected chi connectivity index (χ2v) is 4.40. The average Bonchev–Trinajstić information content (AvgIpc) is 2.48. The Balaban J connectivity index is 2.07. The van der Waals surface area contributed by atoms with Crippen molar-refractivity contribution in [2.75, 3.05) is 7.11 Å². The van der Waals surface area contributed by atoms with Crippen LogP contribution >= 0.6 is 0 Å². The quantitative estimate of drug-likeness (QED) is 0.611.